The monoisotopic (exact) mass is 140 g/mol. The lowest BCUT2D eigenvalue weighted by molar-refractivity contribution is 1.13. The van der Waals surface area contributed by atoms with Crippen LogP contribution in [0.15, 0.2) is 0 Å². The molecule has 1 heterocycles. The SMILES string of the molecule is Cc1nc(C=S)c(C)[nH]1. The van der Waals surface area contributed by atoms with Crippen molar-refractivity contribution in [3.8, 4) is 0 Å². The van der Waals surface area contributed by atoms with Gasteiger partial charge in [-0.25, -0.2) is 4.98 Å². The Bertz CT molecular complexity index is 227. The molecule has 1 aromatic heterocycles. The van der Waals surface area contributed by atoms with Crippen molar-refractivity contribution in [2.24, 2.45) is 0 Å². The molecular weight excluding hydrogens is 132 g/mol. The van der Waals surface area contributed by atoms with Crippen molar-refractivity contribution in [1.82, 2.24) is 9.97 Å². The minimum atomic E-state index is 0.877. The number of hydrogen-bond acceptors (Lipinski definition) is 2. The number of aryl methyl sites for hydroxylation is 2. The van der Waals surface area contributed by atoms with Crippen LogP contribution in [0.1, 0.15) is 17.2 Å². The van der Waals surface area contributed by atoms with Gasteiger partial charge in [0.2, 0.25) is 0 Å². The summed E-state index contributed by atoms with van der Waals surface area (Å²) >= 11 is 4.71. The average molecular weight is 140 g/mol. The van der Waals surface area contributed by atoms with Gasteiger partial charge < -0.3 is 4.98 Å². The summed E-state index contributed by atoms with van der Waals surface area (Å²) in [7, 11) is 0. The third-order valence-electron chi connectivity index (χ3n) is 1.15. The van der Waals surface area contributed by atoms with Gasteiger partial charge in [-0.3, -0.25) is 0 Å². The van der Waals surface area contributed by atoms with Crippen molar-refractivity contribution in [2.45, 2.75) is 13.8 Å². The maximum atomic E-state index is 4.71. The number of rotatable bonds is 1. The number of aromatic amines is 1. The van der Waals surface area contributed by atoms with Crippen molar-refractivity contribution in [3.05, 3.63) is 17.2 Å². The van der Waals surface area contributed by atoms with Gasteiger partial charge in [-0.15, -0.1) is 0 Å². The molecule has 0 aromatic carbocycles. The van der Waals surface area contributed by atoms with Gasteiger partial charge in [-0.2, -0.15) is 0 Å². The first-order valence-electron chi connectivity index (χ1n) is 2.72. The molecular formula is C6H8N2S. The molecule has 0 bridgehead atoms. The first-order valence-corrected chi connectivity index (χ1v) is 3.19. The molecule has 0 saturated heterocycles. The summed E-state index contributed by atoms with van der Waals surface area (Å²) in [6.45, 7) is 3.87. The summed E-state index contributed by atoms with van der Waals surface area (Å²) in [5, 5.41) is 1.58. The Labute approximate surface area is 59.3 Å². The van der Waals surface area contributed by atoms with E-state index in [9.17, 15) is 0 Å². The van der Waals surface area contributed by atoms with Crippen LogP contribution in [0.4, 0.5) is 0 Å². The molecule has 0 radical (unpaired) electrons. The van der Waals surface area contributed by atoms with Crippen LogP contribution in [0.25, 0.3) is 0 Å². The third kappa shape index (κ3) is 1.16. The Kier molecular flexibility index (Phi) is 1.62. The van der Waals surface area contributed by atoms with E-state index in [2.05, 4.69) is 9.97 Å². The minimum absolute atomic E-state index is 0.877. The highest BCUT2D eigenvalue weighted by molar-refractivity contribution is 7.79. The highest BCUT2D eigenvalue weighted by Gasteiger charge is 1.97. The zero-order chi connectivity index (χ0) is 6.85. The largest absolute Gasteiger partial charge is 0.346 e. The zero-order valence-electron chi connectivity index (χ0n) is 5.43. The summed E-state index contributed by atoms with van der Waals surface area (Å²) in [5.41, 5.74) is 1.92. The fourth-order valence-corrected chi connectivity index (χ4v) is 0.972. The number of nitrogens with zero attached hydrogens (tertiary/aromatic N) is 1. The Balaban J connectivity index is 3.15. The molecule has 1 aromatic rings. The number of aromatic nitrogens is 2. The number of hydrogen-bond donors (Lipinski definition) is 1. The van der Waals surface area contributed by atoms with Gasteiger partial charge in [0.25, 0.3) is 0 Å². The molecule has 3 heteroatoms. The van der Waals surface area contributed by atoms with Crippen molar-refractivity contribution >= 4 is 17.6 Å². The van der Waals surface area contributed by atoms with Crippen LogP contribution in [0.2, 0.25) is 0 Å². The summed E-state index contributed by atoms with van der Waals surface area (Å²) in [6, 6.07) is 0. The quantitative estimate of drug-likeness (QED) is 0.597. The molecule has 0 amide bonds. The van der Waals surface area contributed by atoms with E-state index in [-0.39, 0.29) is 0 Å². The van der Waals surface area contributed by atoms with Crippen LogP contribution in [0.5, 0.6) is 0 Å². The maximum Gasteiger partial charge on any atom is 0.103 e. The Morgan fingerprint density at radius 2 is 2.22 bits per heavy atom. The highest BCUT2D eigenvalue weighted by Crippen LogP contribution is 1.99. The summed E-state index contributed by atoms with van der Waals surface area (Å²) in [5.74, 6) is 0.920. The first-order chi connectivity index (χ1) is 4.24. The van der Waals surface area contributed by atoms with Crippen molar-refractivity contribution < 1.29 is 0 Å². The normalized spacial score (nSPS) is 9.56. The van der Waals surface area contributed by atoms with Crippen LogP contribution < -0.4 is 0 Å². The number of H-pyrrole nitrogens is 1. The molecule has 0 unspecified atom stereocenters. The molecule has 0 spiro atoms. The van der Waals surface area contributed by atoms with Crippen LogP contribution >= 0.6 is 12.2 Å². The van der Waals surface area contributed by atoms with E-state index >= 15 is 0 Å². The Morgan fingerprint density at radius 1 is 1.56 bits per heavy atom. The van der Waals surface area contributed by atoms with Gasteiger partial charge in [0.15, 0.2) is 0 Å². The molecule has 0 atom stereocenters. The van der Waals surface area contributed by atoms with E-state index in [1.54, 1.807) is 5.37 Å². The van der Waals surface area contributed by atoms with Crippen LogP contribution in [0, 0.1) is 13.8 Å². The van der Waals surface area contributed by atoms with E-state index in [1.807, 2.05) is 13.8 Å². The molecule has 0 fully saturated rings. The lowest BCUT2D eigenvalue weighted by Gasteiger charge is -1.80. The summed E-state index contributed by atoms with van der Waals surface area (Å²) in [6.07, 6.45) is 0. The lowest BCUT2D eigenvalue weighted by Crippen LogP contribution is -1.80. The highest BCUT2D eigenvalue weighted by atomic mass is 32.1. The molecule has 48 valence electrons. The molecule has 0 aliphatic heterocycles. The molecule has 1 rings (SSSR count). The van der Waals surface area contributed by atoms with Crippen LogP contribution in [-0.4, -0.2) is 15.3 Å². The lowest BCUT2D eigenvalue weighted by atomic mass is 10.4. The average Bonchev–Trinajstić information content (AvgIpc) is 2.10. The van der Waals surface area contributed by atoms with E-state index < -0.39 is 0 Å². The van der Waals surface area contributed by atoms with Gasteiger partial charge in [-0.05, 0) is 13.8 Å². The second-order valence-corrected chi connectivity index (χ2v) is 2.19. The van der Waals surface area contributed by atoms with Crippen molar-refractivity contribution in [2.75, 3.05) is 0 Å². The van der Waals surface area contributed by atoms with Gasteiger partial charge in [-0.1, -0.05) is 12.2 Å². The Morgan fingerprint density at radius 3 is 2.44 bits per heavy atom. The summed E-state index contributed by atoms with van der Waals surface area (Å²) in [4.78, 5) is 7.16. The van der Waals surface area contributed by atoms with E-state index in [0.29, 0.717) is 0 Å². The molecule has 0 saturated carbocycles. The third-order valence-corrected chi connectivity index (χ3v) is 1.38. The fourth-order valence-electron chi connectivity index (χ4n) is 0.743. The van der Waals surface area contributed by atoms with Crippen LogP contribution in [0.3, 0.4) is 0 Å². The molecule has 1 N–H and O–H groups in total. The van der Waals surface area contributed by atoms with E-state index in [0.717, 1.165) is 17.2 Å². The fraction of sp³-hybridized carbons (Fsp3) is 0.333. The van der Waals surface area contributed by atoms with Gasteiger partial charge in [0, 0.05) is 11.1 Å². The molecule has 0 aliphatic carbocycles. The van der Waals surface area contributed by atoms with Gasteiger partial charge in [0.1, 0.15) is 5.82 Å². The van der Waals surface area contributed by atoms with Crippen LogP contribution in [-0.2, 0) is 0 Å². The van der Waals surface area contributed by atoms with Crippen molar-refractivity contribution in [1.29, 1.82) is 0 Å². The summed E-state index contributed by atoms with van der Waals surface area (Å²) < 4.78 is 0. The zero-order valence-corrected chi connectivity index (χ0v) is 6.25. The predicted molar refractivity (Wildman–Crippen MR) is 40.8 cm³/mol. The standard InChI is InChI=1S/C6H8N2S/c1-4-6(3-9)8-5(2)7-4/h3H,1-2H3,(H,7,8). The number of thiocarbonyl (C=S) groups is 1. The smallest absolute Gasteiger partial charge is 0.103 e. The topological polar surface area (TPSA) is 28.7 Å². The number of imidazole rings is 1. The van der Waals surface area contributed by atoms with Gasteiger partial charge in [0.05, 0.1) is 5.69 Å². The van der Waals surface area contributed by atoms with Gasteiger partial charge >= 0.3 is 0 Å². The van der Waals surface area contributed by atoms with E-state index in [4.69, 9.17) is 12.2 Å². The molecule has 0 aliphatic rings. The second-order valence-electron chi connectivity index (χ2n) is 1.95. The second kappa shape index (κ2) is 2.27. The first kappa shape index (κ1) is 6.42. The van der Waals surface area contributed by atoms with E-state index in [1.165, 1.54) is 0 Å². The molecule has 2 nitrogen and oxygen atoms in total. The predicted octanol–water partition coefficient (Wildman–Crippen LogP) is 1.37. The Hall–Kier alpha value is -0.700. The minimum Gasteiger partial charge on any atom is -0.346 e. The molecule has 9 heavy (non-hydrogen) atoms. The maximum absolute atomic E-state index is 4.71. The number of nitrogens with one attached hydrogen (secondary N) is 1. The van der Waals surface area contributed by atoms with Crippen molar-refractivity contribution in [3.63, 3.8) is 0 Å².